The van der Waals surface area contributed by atoms with E-state index in [2.05, 4.69) is 4.90 Å². The first-order valence-electron chi connectivity index (χ1n) is 18.4. The first-order chi connectivity index (χ1) is 26.3. The summed E-state index contributed by atoms with van der Waals surface area (Å²) in [6, 6.07) is 19.8. The van der Waals surface area contributed by atoms with Crippen molar-refractivity contribution < 1.29 is 51.8 Å². The van der Waals surface area contributed by atoms with E-state index >= 15 is 8.78 Å². The molecule has 1 N–H and O–H groups in total. The SMILES string of the molecule is CC.CC.CCN(CC)c1ccc(C2(O)c3cc(F)c(OCOCCOC)cc3Oc3cc(OCOCCOC)c(F)cc32)cc1OCc1ccccc1. The molecule has 0 saturated heterocycles. The van der Waals surface area contributed by atoms with Gasteiger partial charge in [0.25, 0.3) is 0 Å². The number of hydrogen-bond donors (Lipinski definition) is 1. The van der Waals surface area contributed by atoms with E-state index in [1.165, 1.54) is 26.4 Å². The number of ether oxygens (including phenoxy) is 8. The van der Waals surface area contributed by atoms with Crippen molar-refractivity contribution in [2.45, 2.75) is 53.8 Å². The van der Waals surface area contributed by atoms with E-state index in [0.717, 1.165) is 23.4 Å². The maximum atomic E-state index is 15.7. The Morgan fingerprint density at radius 2 is 1.17 bits per heavy atom. The van der Waals surface area contributed by atoms with E-state index in [-0.39, 0.29) is 67.5 Å². The van der Waals surface area contributed by atoms with E-state index in [1.807, 2.05) is 77.9 Å². The molecule has 4 aromatic rings. The Morgan fingerprint density at radius 3 is 1.65 bits per heavy atom. The van der Waals surface area contributed by atoms with Crippen LogP contribution < -0.4 is 23.8 Å². The van der Waals surface area contributed by atoms with E-state index in [9.17, 15) is 5.11 Å². The van der Waals surface area contributed by atoms with Gasteiger partial charge in [0.05, 0.1) is 32.1 Å². The van der Waals surface area contributed by atoms with Crippen molar-refractivity contribution in [1.29, 1.82) is 0 Å². The quantitative estimate of drug-likeness (QED) is 0.0739. The van der Waals surface area contributed by atoms with Crippen molar-refractivity contribution in [3.8, 4) is 28.7 Å². The maximum absolute atomic E-state index is 15.7. The average molecular weight is 756 g/mol. The Balaban J connectivity index is 0.00000190. The Labute approximate surface area is 318 Å². The molecule has 296 valence electrons. The number of anilines is 1. The molecule has 0 spiro atoms. The number of rotatable bonds is 19. The highest BCUT2D eigenvalue weighted by molar-refractivity contribution is 5.67. The number of fused-ring (bicyclic) bond motifs is 2. The Bertz CT molecular complexity index is 1630. The van der Waals surface area contributed by atoms with Gasteiger partial charge in [-0.1, -0.05) is 64.1 Å². The number of aliphatic hydroxyl groups is 1. The van der Waals surface area contributed by atoms with Gasteiger partial charge in [-0.15, -0.1) is 0 Å². The zero-order valence-electron chi connectivity index (χ0n) is 32.7. The second-order valence-corrected chi connectivity index (χ2v) is 11.3. The predicted molar refractivity (Wildman–Crippen MR) is 205 cm³/mol. The Morgan fingerprint density at radius 1 is 0.648 bits per heavy atom. The van der Waals surface area contributed by atoms with Crippen LogP contribution in [0, 0.1) is 11.6 Å². The fourth-order valence-electron chi connectivity index (χ4n) is 5.63. The molecule has 1 aliphatic rings. The summed E-state index contributed by atoms with van der Waals surface area (Å²) in [4.78, 5) is 2.12. The first kappa shape index (κ1) is 43.9. The van der Waals surface area contributed by atoms with Crippen molar-refractivity contribution in [2.75, 3.05) is 72.2 Å². The van der Waals surface area contributed by atoms with Crippen molar-refractivity contribution in [1.82, 2.24) is 0 Å². The van der Waals surface area contributed by atoms with Gasteiger partial charge in [-0.2, -0.15) is 0 Å². The lowest BCUT2D eigenvalue weighted by molar-refractivity contribution is -0.0103. The van der Waals surface area contributed by atoms with Crippen LogP contribution in [0.1, 0.15) is 63.8 Å². The highest BCUT2D eigenvalue weighted by atomic mass is 19.1. The summed E-state index contributed by atoms with van der Waals surface area (Å²) in [7, 11) is 3.08. The molecule has 0 aromatic heterocycles. The van der Waals surface area contributed by atoms with Crippen molar-refractivity contribution in [3.05, 3.63) is 107 Å². The zero-order chi connectivity index (χ0) is 39.5. The lowest BCUT2D eigenvalue weighted by Crippen LogP contribution is -2.33. The molecule has 10 nitrogen and oxygen atoms in total. The number of hydrogen-bond acceptors (Lipinski definition) is 10. The molecular formula is C42H55F2NO9. The van der Waals surface area contributed by atoms with Gasteiger partial charge in [0, 0.05) is 50.6 Å². The third-order valence-electron chi connectivity index (χ3n) is 8.25. The summed E-state index contributed by atoms with van der Waals surface area (Å²) in [6.45, 7) is 14.4. The standard InChI is InChI=1S/C38H43F2NO9.2C2H6/c1-5-41(6-2)32-13-12-27(18-37(32)47-23-26-10-8-7-9-11-26)38(42)28-19-30(39)35(48-24-45-16-14-43-3)21-33(28)50-34-22-36(31(40)20-29(34)38)49-25-46-17-15-44-4;2*1-2/h7-13,18-22,42H,5-6,14-17,23-25H2,1-4H3;2*1-2H3. The summed E-state index contributed by atoms with van der Waals surface area (Å²) in [6.07, 6.45) is 0. The molecule has 1 aliphatic heterocycles. The molecule has 54 heavy (non-hydrogen) atoms. The fourth-order valence-corrected chi connectivity index (χ4v) is 5.63. The number of halogens is 2. The minimum Gasteiger partial charge on any atom is -0.487 e. The number of nitrogens with zero attached hydrogens (tertiary/aromatic N) is 1. The second kappa shape index (κ2) is 22.7. The molecule has 0 radical (unpaired) electrons. The van der Waals surface area contributed by atoms with E-state index in [0.29, 0.717) is 37.6 Å². The largest absolute Gasteiger partial charge is 0.487 e. The molecule has 1 heterocycles. The van der Waals surface area contributed by atoms with Crippen LogP contribution >= 0.6 is 0 Å². The second-order valence-electron chi connectivity index (χ2n) is 11.3. The molecule has 0 amide bonds. The van der Waals surface area contributed by atoms with Crippen LogP contribution in [-0.4, -0.2) is 72.4 Å². The third-order valence-corrected chi connectivity index (χ3v) is 8.25. The molecule has 0 fully saturated rings. The monoisotopic (exact) mass is 755 g/mol. The highest BCUT2D eigenvalue weighted by Gasteiger charge is 2.44. The van der Waals surface area contributed by atoms with Gasteiger partial charge in [0.15, 0.2) is 36.7 Å². The predicted octanol–water partition coefficient (Wildman–Crippen LogP) is 8.83. The van der Waals surface area contributed by atoms with Crippen molar-refractivity contribution >= 4 is 5.69 Å². The molecule has 4 aromatic carbocycles. The third kappa shape index (κ3) is 10.8. The number of methoxy groups -OCH3 is 2. The first-order valence-corrected chi connectivity index (χ1v) is 18.4. The van der Waals surface area contributed by atoms with Crippen LogP contribution in [0.3, 0.4) is 0 Å². The summed E-state index contributed by atoms with van der Waals surface area (Å²) in [5.41, 5.74) is 0.0294. The minimum absolute atomic E-state index is 0.0377. The van der Waals surface area contributed by atoms with Gasteiger partial charge in [0.2, 0.25) is 0 Å². The molecule has 0 bridgehead atoms. The van der Waals surface area contributed by atoms with Gasteiger partial charge < -0.3 is 47.9 Å². The average Bonchev–Trinajstić information content (AvgIpc) is 3.20. The molecule has 0 aliphatic carbocycles. The Hall–Kier alpha value is -4.46. The smallest absolute Gasteiger partial charge is 0.189 e. The molecular weight excluding hydrogens is 700 g/mol. The summed E-state index contributed by atoms with van der Waals surface area (Å²) in [5.74, 6) is -1.23. The maximum Gasteiger partial charge on any atom is 0.189 e. The van der Waals surface area contributed by atoms with E-state index in [1.54, 1.807) is 12.1 Å². The van der Waals surface area contributed by atoms with Gasteiger partial charge in [-0.05, 0) is 49.2 Å². The molecule has 12 heteroatoms. The lowest BCUT2D eigenvalue weighted by Gasteiger charge is -2.37. The van der Waals surface area contributed by atoms with Crippen LogP contribution in [0.5, 0.6) is 28.7 Å². The van der Waals surface area contributed by atoms with Gasteiger partial charge in [-0.3, -0.25) is 0 Å². The molecule has 5 rings (SSSR count). The van der Waals surface area contributed by atoms with Gasteiger partial charge in [0.1, 0.15) is 29.5 Å². The fraction of sp³-hybridized carbons (Fsp3) is 0.429. The van der Waals surface area contributed by atoms with Crippen LogP contribution in [-0.2, 0) is 31.2 Å². The van der Waals surface area contributed by atoms with Crippen LogP contribution in [0.4, 0.5) is 14.5 Å². The minimum atomic E-state index is -2.10. The van der Waals surface area contributed by atoms with Gasteiger partial charge >= 0.3 is 0 Å². The zero-order valence-corrected chi connectivity index (χ0v) is 32.7. The topological polar surface area (TPSA) is 97.3 Å². The van der Waals surface area contributed by atoms with Crippen LogP contribution in [0.15, 0.2) is 72.8 Å². The van der Waals surface area contributed by atoms with E-state index in [4.69, 9.17) is 37.9 Å². The summed E-state index contributed by atoms with van der Waals surface area (Å²) in [5, 5.41) is 12.8. The normalized spacial score (nSPS) is 12.1. The van der Waals surface area contributed by atoms with Gasteiger partial charge in [-0.25, -0.2) is 8.78 Å². The van der Waals surface area contributed by atoms with E-state index < -0.39 is 17.2 Å². The van der Waals surface area contributed by atoms with Crippen LogP contribution in [0.25, 0.3) is 0 Å². The Kier molecular flexibility index (Phi) is 18.5. The summed E-state index contributed by atoms with van der Waals surface area (Å²) >= 11 is 0. The lowest BCUT2D eigenvalue weighted by atomic mass is 9.77. The van der Waals surface area contributed by atoms with Crippen LogP contribution in [0.2, 0.25) is 0 Å². The molecule has 0 unspecified atom stereocenters. The van der Waals surface area contributed by atoms with Crippen molar-refractivity contribution in [3.63, 3.8) is 0 Å². The summed E-state index contributed by atoms with van der Waals surface area (Å²) < 4.78 is 75.7. The van der Waals surface area contributed by atoms with Crippen molar-refractivity contribution in [2.24, 2.45) is 0 Å². The molecule has 0 atom stereocenters. The highest BCUT2D eigenvalue weighted by Crippen LogP contribution is 2.53. The number of benzene rings is 4. The molecule has 0 saturated carbocycles.